The van der Waals surface area contributed by atoms with E-state index in [9.17, 15) is 15.8 Å². The minimum Gasteiger partial charge on any atom is -0.490 e. The van der Waals surface area contributed by atoms with Gasteiger partial charge in [-0.25, -0.2) is 0 Å². The van der Waals surface area contributed by atoms with Crippen LogP contribution >= 0.6 is 8.58 Å². The highest BCUT2D eigenvalue weighted by molar-refractivity contribution is 7.56. The quantitative estimate of drug-likeness (QED) is 0.209. The summed E-state index contributed by atoms with van der Waals surface area (Å²) in [6, 6.07) is 37.8. The first kappa shape index (κ1) is 26.3. The number of nitrogens with zero attached hydrogens (tertiary/aromatic N) is 3. The lowest BCUT2D eigenvalue weighted by atomic mass is 9.78. The first-order chi connectivity index (χ1) is 18.6. The Morgan fingerprint density at radius 3 is 1.74 bits per heavy atom. The molecule has 0 spiro atoms. The molecule has 0 aromatic heterocycles. The second-order valence-corrected chi connectivity index (χ2v) is 9.68. The van der Waals surface area contributed by atoms with E-state index in [-0.39, 0.29) is 15.0 Å². The van der Waals surface area contributed by atoms with Gasteiger partial charge in [0.05, 0.1) is 24.6 Å². The van der Waals surface area contributed by atoms with Crippen LogP contribution in [0.4, 0.5) is 0 Å². The molecule has 0 aliphatic rings. The van der Waals surface area contributed by atoms with Gasteiger partial charge in [0, 0.05) is 10.9 Å². The molecule has 0 saturated heterocycles. The monoisotopic (exact) mass is 515 g/mol. The van der Waals surface area contributed by atoms with Gasteiger partial charge in [0.2, 0.25) is 0 Å². The number of benzene rings is 4. The highest BCUT2D eigenvalue weighted by Crippen LogP contribution is 2.35. The van der Waals surface area contributed by atoms with E-state index in [0.29, 0.717) is 28.1 Å². The van der Waals surface area contributed by atoms with Crippen LogP contribution in [0.3, 0.4) is 0 Å². The largest absolute Gasteiger partial charge is 0.864 e. The van der Waals surface area contributed by atoms with Crippen molar-refractivity contribution >= 4 is 26.5 Å². The van der Waals surface area contributed by atoms with Crippen molar-refractivity contribution in [1.82, 2.24) is 0 Å². The first-order valence-corrected chi connectivity index (χ1v) is 12.8. The number of hydrogen-bond acceptors (Lipinski definition) is 6. The Labute approximate surface area is 224 Å². The third-order valence-corrected chi connectivity index (χ3v) is 7.11. The zero-order valence-electron chi connectivity index (χ0n) is 20.7. The Morgan fingerprint density at radius 1 is 0.711 bits per heavy atom. The summed E-state index contributed by atoms with van der Waals surface area (Å²) in [5, 5.41) is 31.4. The van der Waals surface area contributed by atoms with Gasteiger partial charge in [0.25, 0.3) is 0 Å². The molecule has 0 fully saturated rings. The van der Waals surface area contributed by atoms with E-state index in [1.807, 2.05) is 79.7 Å². The van der Waals surface area contributed by atoms with E-state index in [0.717, 1.165) is 10.9 Å². The number of rotatable bonds is 10. The maximum absolute atomic E-state index is 10.1. The third kappa shape index (κ3) is 6.14. The summed E-state index contributed by atoms with van der Waals surface area (Å²) in [4.78, 5) is 0. The van der Waals surface area contributed by atoms with Crippen molar-refractivity contribution in [1.29, 1.82) is 15.8 Å². The molecule has 4 aromatic carbocycles. The van der Waals surface area contributed by atoms with Gasteiger partial charge in [-0.1, -0.05) is 81.4 Å². The van der Waals surface area contributed by atoms with Crippen LogP contribution in [0.5, 0.6) is 17.2 Å². The van der Waals surface area contributed by atoms with E-state index in [1.165, 1.54) is 0 Å². The number of hydrogen-bond donors (Lipinski definition) is 0. The van der Waals surface area contributed by atoms with Crippen LogP contribution in [0, 0.1) is 40.9 Å². The van der Waals surface area contributed by atoms with Gasteiger partial charge >= 0.3 is 7.32 Å². The van der Waals surface area contributed by atoms with Crippen LogP contribution in [-0.2, 0) is 5.41 Å². The third-order valence-electron chi connectivity index (χ3n) is 5.75. The normalized spacial score (nSPS) is 10.7. The summed E-state index contributed by atoms with van der Waals surface area (Å²) in [5.74, 6) is 1.49. The van der Waals surface area contributed by atoms with Crippen LogP contribution in [0.15, 0.2) is 103 Å². The van der Waals surface area contributed by atoms with Crippen molar-refractivity contribution in [2.75, 3.05) is 0 Å². The highest BCUT2D eigenvalue weighted by Gasteiger charge is 2.39. The molecule has 6 nitrogen and oxygen atoms in total. The Morgan fingerprint density at radius 2 is 1.24 bits per heavy atom. The lowest BCUT2D eigenvalue weighted by molar-refractivity contribution is 0.308. The van der Waals surface area contributed by atoms with Crippen molar-refractivity contribution in [3.8, 4) is 35.5 Å². The second kappa shape index (κ2) is 12.5. The molecule has 4 rings (SSSR count). The Hall–Kier alpha value is -4.76. The highest BCUT2D eigenvalue weighted by atomic mass is 31.1. The summed E-state index contributed by atoms with van der Waals surface area (Å²) in [6.45, 7) is 1.83. The zero-order valence-corrected chi connectivity index (χ0v) is 21.7. The number of para-hydroxylation sites is 2. The van der Waals surface area contributed by atoms with Crippen molar-refractivity contribution in [3.63, 3.8) is 0 Å². The van der Waals surface area contributed by atoms with E-state index >= 15 is 0 Å². The molecule has 0 radical (unpaired) electrons. The average molecular weight is 515 g/mol. The minimum absolute atomic E-state index is 0.0425. The molecule has 0 heterocycles. The minimum atomic E-state index is -1.66. The van der Waals surface area contributed by atoms with Crippen molar-refractivity contribution in [3.05, 3.63) is 114 Å². The number of nitriles is 3. The van der Waals surface area contributed by atoms with Crippen LogP contribution in [0.25, 0.3) is 0 Å². The zero-order chi connectivity index (χ0) is 26.8. The molecule has 0 saturated carbocycles. The molecule has 0 bridgehead atoms. The van der Waals surface area contributed by atoms with Crippen molar-refractivity contribution in [2.45, 2.75) is 18.8 Å². The summed E-state index contributed by atoms with van der Waals surface area (Å²) in [6.07, 6.45) is -0.277. The lowest BCUT2D eigenvalue weighted by Gasteiger charge is -2.26. The molecule has 1 atom stereocenters. The number of aryl methyl sites for hydroxylation is 1. The van der Waals surface area contributed by atoms with Crippen LogP contribution < -0.4 is 24.6 Å². The van der Waals surface area contributed by atoms with Gasteiger partial charge in [-0.05, 0) is 48.1 Å². The van der Waals surface area contributed by atoms with Crippen molar-refractivity contribution < 1.29 is 14.0 Å². The second-order valence-electron chi connectivity index (χ2n) is 8.35. The fraction of sp³-hybridized carbons (Fsp3) is 0.100. The molecule has 0 amide bonds. The lowest BCUT2D eigenvalue weighted by Crippen LogP contribution is -2.39. The van der Waals surface area contributed by atoms with Crippen LogP contribution in [-0.4, -0.2) is 7.32 Å². The van der Waals surface area contributed by atoms with E-state index in [2.05, 4.69) is 12.1 Å². The predicted octanol–water partition coefficient (Wildman–Crippen LogP) is 5.34. The fourth-order valence-electron chi connectivity index (χ4n) is 3.94. The van der Waals surface area contributed by atoms with Gasteiger partial charge < -0.3 is 14.0 Å². The maximum Gasteiger partial charge on any atom is 0.864 e. The molecule has 8 heteroatoms. The van der Waals surface area contributed by atoms with Gasteiger partial charge in [0.15, 0.2) is 5.41 Å². The Bertz CT molecular complexity index is 1440. The fourth-order valence-corrected chi connectivity index (χ4v) is 5.39. The average Bonchev–Trinajstić information content (AvgIpc) is 2.95. The Balaban J connectivity index is 1.83. The van der Waals surface area contributed by atoms with Crippen LogP contribution in [0.2, 0.25) is 0 Å². The van der Waals surface area contributed by atoms with E-state index < -0.39 is 12.7 Å². The molecular formula is C30H23BN3O3P. The first-order valence-electron chi connectivity index (χ1n) is 11.8. The standard InChI is InChI=1S/C30H23BN3O3P/c1-23-17-18-27(37-31(35-24-11-5-2-6-12-24)36-25-13-7-3-8-14-25)29(38-26-15-9-4-10-16-26)28(23)30(21-33,22-34)19-20-32/h2-18,38H,19H2,1H3. The molecule has 4 aromatic rings. The maximum atomic E-state index is 10.1. The molecular weight excluding hydrogens is 492 g/mol. The van der Waals surface area contributed by atoms with E-state index in [1.54, 1.807) is 36.4 Å². The van der Waals surface area contributed by atoms with Gasteiger partial charge in [-0.2, -0.15) is 15.8 Å². The van der Waals surface area contributed by atoms with Gasteiger partial charge in [-0.15, -0.1) is 0 Å². The van der Waals surface area contributed by atoms with Crippen molar-refractivity contribution in [2.24, 2.45) is 0 Å². The van der Waals surface area contributed by atoms with Gasteiger partial charge in [0.1, 0.15) is 17.2 Å². The molecule has 0 N–H and O–H groups in total. The van der Waals surface area contributed by atoms with Gasteiger partial charge in [-0.3, -0.25) is 0 Å². The summed E-state index contributed by atoms with van der Waals surface area (Å²) < 4.78 is 18.5. The molecule has 184 valence electrons. The Kier molecular flexibility index (Phi) is 8.63. The topological polar surface area (TPSA) is 99.1 Å². The summed E-state index contributed by atoms with van der Waals surface area (Å²) in [5.41, 5.74) is -0.466. The van der Waals surface area contributed by atoms with Crippen LogP contribution in [0.1, 0.15) is 17.5 Å². The smallest absolute Gasteiger partial charge is 0.490 e. The molecule has 1 unspecified atom stereocenters. The van der Waals surface area contributed by atoms with E-state index in [4.69, 9.17) is 14.0 Å². The predicted molar refractivity (Wildman–Crippen MR) is 149 cm³/mol. The SMILES string of the molecule is Cc1ccc(OB(Oc2ccccc2)Oc2ccccc2)c(Pc2ccccc2)c1C(C#N)(C#N)CC#N. The molecule has 0 aliphatic heterocycles. The summed E-state index contributed by atoms with van der Waals surface area (Å²) >= 11 is 0. The molecule has 38 heavy (non-hydrogen) atoms. The molecule has 0 aliphatic carbocycles. The summed E-state index contributed by atoms with van der Waals surface area (Å²) in [7, 11) is -1.13.